The van der Waals surface area contributed by atoms with E-state index in [0.717, 1.165) is 22.7 Å². The largest absolute Gasteiger partial charge is 0.311 e. The Bertz CT molecular complexity index is 3740. The van der Waals surface area contributed by atoms with Gasteiger partial charge in [-0.2, -0.15) is 0 Å². The molecular formula is C67H46N2. The van der Waals surface area contributed by atoms with E-state index < -0.39 is 5.41 Å². The highest BCUT2D eigenvalue weighted by molar-refractivity contribution is 6.10. The Morgan fingerprint density at radius 3 is 1.30 bits per heavy atom. The summed E-state index contributed by atoms with van der Waals surface area (Å²) >= 11 is 0. The molecule has 0 bridgehead atoms. The highest BCUT2D eigenvalue weighted by Gasteiger charge is 2.46. The summed E-state index contributed by atoms with van der Waals surface area (Å²) in [5, 5.41) is 2.50. The lowest BCUT2D eigenvalue weighted by Gasteiger charge is -2.34. The smallest absolute Gasteiger partial charge is 0.0713 e. The maximum absolute atomic E-state index is 2.44. The summed E-state index contributed by atoms with van der Waals surface area (Å²) in [6, 6.07) is 102. The predicted molar refractivity (Wildman–Crippen MR) is 289 cm³/mol. The second-order valence-electron chi connectivity index (χ2n) is 18.1. The molecule has 13 rings (SSSR count). The highest BCUT2D eigenvalue weighted by Crippen LogP contribution is 2.56. The molecule has 0 spiro atoms. The summed E-state index contributed by atoms with van der Waals surface area (Å²) in [5.41, 5.74) is 21.3. The number of para-hydroxylation sites is 2. The molecule has 0 amide bonds. The van der Waals surface area contributed by atoms with Gasteiger partial charge in [-0.25, -0.2) is 0 Å². The van der Waals surface area contributed by atoms with E-state index in [1.807, 2.05) is 0 Å². The fourth-order valence-corrected chi connectivity index (χ4v) is 11.1. The minimum absolute atomic E-state index is 0.452. The van der Waals surface area contributed by atoms with Crippen LogP contribution in [0.2, 0.25) is 0 Å². The van der Waals surface area contributed by atoms with Gasteiger partial charge >= 0.3 is 0 Å². The van der Waals surface area contributed by atoms with Gasteiger partial charge in [-0.15, -0.1) is 0 Å². The van der Waals surface area contributed by atoms with Crippen LogP contribution in [-0.4, -0.2) is 4.57 Å². The zero-order chi connectivity index (χ0) is 45.7. The van der Waals surface area contributed by atoms with E-state index >= 15 is 0 Å². The van der Waals surface area contributed by atoms with E-state index in [2.05, 4.69) is 289 Å². The molecule has 0 radical (unpaired) electrons. The fourth-order valence-electron chi connectivity index (χ4n) is 11.1. The maximum Gasteiger partial charge on any atom is 0.0713 e. The lowest BCUT2D eigenvalue weighted by Crippen LogP contribution is -2.28. The van der Waals surface area contributed by atoms with Crippen molar-refractivity contribution in [3.63, 3.8) is 0 Å². The monoisotopic (exact) mass is 878 g/mol. The zero-order valence-electron chi connectivity index (χ0n) is 38.0. The summed E-state index contributed by atoms with van der Waals surface area (Å²) in [6.45, 7) is 0. The van der Waals surface area contributed by atoms with Gasteiger partial charge in [0.1, 0.15) is 0 Å². The van der Waals surface area contributed by atoms with Gasteiger partial charge in [0, 0.05) is 33.5 Å². The van der Waals surface area contributed by atoms with Crippen molar-refractivity contribution >= 4 is 38.9 Å². The molecule has 2 nitrogen and oxygen atoms in total. The topological polar surface area (TPSA) is 8.17 Å². The first-order valence-corrected chi connectivity index (χ1v) is 23.8. The van der Waals surface area contributed by atoms with Crippen LogP contribution in [-0.2, 0) is 5.41 Å². The second kappa shape index (κ2) is 16.7. The van der Waals surface area contributed by atoms with Crippen LogP contribution in [0, 0.1) is 0 Å². The Morgan fingerprint density at radius 2 is 0.696 bits per heavy atom. The fraction of sp³-hybridized carbons (Fsp3) is 0.0149. The first kappa shape index (κ1) is 40.3. The SMILES string of the molecule is c1ccc(-c2ccc(N(c3ccc(-c4ccc5c(c4)C(c4ccccc4)(c4ccccc4)c4ccccc4-5)cc3)c3ccc(-c4ccc5c(c4)c4ccccc4n5-c4ccccc4)cc3)cc2)cc1. The molecule has 0 saturated carbocycles. The van der Waals surface area contributed by atoms with Gasteiger partial charge in [0.05, 0.1) is 16.4 Å². The van der Waals surface area contributed by atoms with Gasteiger partial charge in [-0.3, -0.25) is 0 Å². The summed E-state index contributed by atoms with van der Waals surface area (Å²) in [7, 11) is 0. The van der Waals surface area contributed by atoms with Crippen LogP contribution < -0.4 is 4.90 Å². The summed E-state index contributed by atoms with van der Waals surface area (Å²) in [5.74, 6) is 0. The standard InChI is InChI=1S/C67H46N2/c1-5-17-47(18-6-1)48-29-37-56(38-30-48)68(57-39-31-49(32-40-57)51-36-44-66-62(45-51)61-26-14-16-28-65(61)69(66)55-23-11-4-12-24-55)58-41-33-50(34-42-58)52-35-43-60-59-25-13-15-27-63(59)67(64(60)46-52,53-19-7-2-8-20-53)54-21-9-3-10-22-54/h1-46H. The molecule has 0 unspecified atom stereocenters. The molecule has 0 fully saturated rings. The van der Waals surface area contributed by atoms with Crippen molar-refractivity contribution in [2.75, 3.05) is 4.90 Å². The number of fused-ring (bicyclic) bond motifs is 6. The van der Waals surface area contributed by atoms with E-state index in [4.69, 9.17) is 0 Å². The van der Waals surface area contributed by atoms with Crippen LogP contribution in [0.4, 0.5) is 17.1 Å². The van der Waals surface area contributed by atoms with Crippen LogP contribution in [0.3, 0.4) is 0 Å². The molecule has 69 heavy (non-hydrogen) atoms. The van der Waals surface area contributed by atoms with E-state index in [1.165, 1.54) is 88.6 Å². The second-order valence-corrected chi connectivity index (χ2v) is 18.1. The van der Waals surface area contributed by atoms with Crippen LogP contribution in [0.15, 0.2) is 279 Å². The molecular weight excluding hydrogens is 833 g/mol. The molecule has 0 aliphatic heterocycles. The summed E-state index contributed by atoms with van der Waals surface area (Å²) in [6.07, 6.45) is 0. The number of benzene rings is 11. The Labute approximate surface area is 403 Å². The Morgan fingerprint density at radius 1 is 0.275 bits per heavy atom. The van der Waals surface area contributed by atoms with E-state index in [1.54, 1.807) is 0 Å². The van der Waals surface area contributed by atoms with Crippen LogP contribution in [0.5, 0.6) is 0 Å². The van der Waals surface area contributed by atoms with Crippen LogP contribution >= 0.6 is 0 Å². The van der Waals surface area contributed by atoms with Gasteiger partial charge in [0.2, 0.25) is 0 Å². The Kier molecular flexibility index (Phi) is 9.77. The van der Waals surface area contributed by atoms with Gasteiger partial charge in [0.25, 0.3) is 0 Å². The Hall–Kier alpha value is -8.98. The third-order valence-electron chi connectivity index (χ3n) is 14.3. The average Bonchev–Trinajstić information content (AvgIpc) is 3.93. The van der Waals surface area contributed by atoms with Gasteiger partial charge < -0.3 is 9.47 Å². The van der Waals surface area contributed by atoms with Gasteiger partial charge in [0.15, 0.2) is 0 Å². The first-order valence-electron chi connectivity index (χ1n) is 23.8. The Balaban J connectivity index is 0.891. The molecule has 1 heterocycles. The van der Waals surface area contributed by atoms with E-state index in [0.29, 0.717) is 0 Å². The summed E-state index contributed by atoms with van der Waals surface area (Å²) in [4.78, 5) is 2.37. The lowest BCUT2D eigenvalue weighted by atomic mass is 9.67. The summed E-state index contributed by atoms with van der Waals surface area (Å²) < 4.78 is 2.37. The third kappa shape index (κ3) is 6.72. The zero-order valence-corrected chi connectivity index (χ0v) is 38.0. The van der Waals surface area contributed by atoms with Crippen LogP contribution in [0.1, 0.15) is 22.3 Å². The van der Waals surface area contributed by atoms with Crippen molar-refractivity contribution < 1.29 is 0 Å². The number of rotatable bonds is 9. The third-order valence-corrected chi connectivity index (χ3v) is 14.3. The van der Waals surface area contributed by atoms with E-state index in [9.17, 15) is 0 Å². The van der Waals surface area contributed by atoms with Crippen molar-refractivity contribution in [3.8, 4) is 50.2 Å². The number of nitrogens with zero attached hydrogens (tertiary/aromatic N) is 2. The molecule has 1 aliphatic rings. The van der Waals surface area contributed by atoms with Gasteiger partial charge in [-0.05, 0) is 140 Å². The number of aromatic nitrogens is 1. The molecule has 2 heteroatoms. The van der Waals surface area contributed by atoms with Gasteiger partial charge in [-0.1, -0.05) is 206 Å². The minimum atomic E-state index is -0.452. The molecule has 1 aliphatic carbocycles. The highest BCUT2D eigenvalue weighted by atomic mass is 15.1. The molecule has 0 saturated heterocycles. The van der Waals surface area contributed by atoms with Crippen molar-refractivity contribution in [1.29, 1.82) is 0 Å². The molecule has 12 aromatic rings. The normalized spacial score (nSPS) is 12.5. The number of hydrogen-bond acceptors (Lipinski definition) is 1. The quantitative estimate of drug-likeness (QED) is 0.140. The molecule has 324 valence electrons. The van der Waals surface area contributed by atoms with Crippen LogP contribution in [0.25, 0.3) is 72.0 Å². The van der Waals surface area contributed by atoms with E-state index in [-0.39, 0.29) is 0 Å². The molecule has 0 N–H and O–H groups in total. The van der Waals surface area contributed by atoms with Crippen molar-refractivity contribution in [1.82, 2.24) is 4.57 Å². The van der Waals surface area contributed by atoms with Crippen molar-refractivity contribution in [3.05, 3.63) is 301 Å². The maximum atomic E-state index is 2.44. The number of anilines is 3. The average molecular weight is 879 g/mol. The first-order chi connectivity index (χ1) is 34.2. The van der Waals surface area contributed by atoms with Crippen molar-refractivity contribution in [2.24, 2.45) is 0 Å². The molecule has 11 aromatic carbocycles. The number of hydrogen-bond donors (Lipinski definition) is 0. The predicted octanol–water partition coefficient (Wildman–Crippen LogP) is 17.6. The lowest BCUT2D eigenvalue weighted by molar-refractivity contribution is 0.769. The minimum Gasteiger partial charge on any atom is -0.311 e. The molecule has 1 aromatic heterocycles. The molecule has 0 atom stereocenters. The van der Waals surface area contributed by atoms with Crippen molar-refractivity contribution in [2.45, 2.75) is 5.41 Å².